The van der Waals surface area contributed by atoms with E-state index < -0.39 is 30.2 Å². The first-order chi connectivity index (χ1) is 14.1. The third-order valence-electron chi connectivity index (χ3n) is 4.35. The second-order valence-electron chi connectivity index (χ2n) is 7.00. The van der Waals surface area contributed by atoms with Gasteiger partial charge in [0, 0.05) is 5.56 Å². The van der Waals surface area contributed by atoms with Crippen molar-refractivity contribution in [3.8, 4) is 5.75 Å². The highest BCUT2D eigenvalue weighted by Gasteiger charge is 2.30. The molecule has 1 amide bonds. The highest BCUT2D eigenvalue weighted by atomic mass is 19.4. The van der Waals surface area contributed by atoms with E-state index in [-0.39, 0.29) is 18.8 Å². The molecular weight excluding hydrogens is 399 g/mol. The van der Waals surface area contributed by atoms with Crippen molar-refractivity contribution in [2.45, 2.75) is 32.9 Å². The molecule has 0 aliphatic rings. The monoisotopic (exact) mass is 423 g/mol. The molecule has 2 aromatic carbocycles. The van der Waals surface area contributed by atoms with Crippen LogP contribution in [-0.2, 0) is 15.7 Å². The lowest BCUT2D eigenvalue weighted by atomic mass is 9.98. The Hall–Kier alpha value is -3.03. The van der Waals surface area contributed by atoms with Gasteiger partial charge in [0.25, 0.3) is 5.91 Å². The van der Waals surface area contributed by atoms with E-state index in [1.165, 1.54) is 5.56 Å². The largest absolute Gasteiger partial charge is 0.490 e. The van der Waals surface area contributed by atoms with Crippen molar-refractivity contribution in [3.63, 3.8) is 0 Å². The topological polar surface area (TPSA) is 64.6 Å². The van der Waals surface area contributed by atoms with E-state index in [0.717, 1.165) is 29.8 Å². The maximum absolute atomic E-state index is 12.5. The van der Waals surface area contributed by atoms with Gasteiger partial charge in [-0.1, -0.05) is 19.9 Å². The number of nitrogens with one attached hydrogen (secondary N) is 1. The molecule has 0 saturated carbocycles. The minimum Gasteiger partial charge on any atom is -0.490 e. The first-order valence-electron chi connectivity index (χ1n) is 9.42. The number of rotatable bonds is 8. The molecule has 0 spiro atoms. The number of aryl methyl sites for hydroxylation is 1. The van der Waals surface area contributed by atoms with E-state index in [0.29, 0.717) is 11.7 Å². The minimum atomic E-state index is -4.48. The number of ether oxygens (including phenoxy) is 2. The van der Waals surface area contributed by atoms with Crippen LogP contribution in [0.25, 0.3) is 0 Å². The number of hydrogen-bond donors (Lipinski definition) is 1. The summed E-state index contributed by atoms with van der Waals surface area (Å²) >= 11 is 0. The van der Waals surface area contributed by atoms with Crippen molar-refractivity contribution in [3.05, 3.63) is 64.7 Å². The van der Waals surface area contributed by atoms with Crippen molar-refractivity contribution < 1.29 is 32.2 Å². The van der Waals surface area contributed by atoms with Crippen molar-refractivity contribution in [2.75, 3.05) is 19.8 Å². The zero-order valence-corrected chi connectivity index (χ0v) is 17.0. The van der Waals surface area contributed by atoms with Gasteiger partial charge in [0.2, 0.25) is 0 Å². The molecule has 0 fully saturated rings. The molecule has 0 bridgehead atoms. The lowest BCUT2D eigenvalue weighted by molar-refractivity contribution is -0.143. The van der Waals surface area contributed by atoms with E-state index in [9.17, 15) is 22.8 Å². The Morgan fingerprint density at radius 3 is 2.27 bits per heavy atom. The normalized spacial score (nSPS) is 11.3. The van der Waals surface area contributed by atoms with Gasteiger partial charge in [0.05, 0.1) is 5.56 Å². The summed E-state index contributed by atoms with van der Waals surface area (Å²) in [6.45, 7) is 5.97. The number of carbonyl (C=O) groups is 2. The van der Waals surface area contributed by atoms with Gasteiger partial charge in [0.15, 0.2) is 0 Å². The molecule has 0 atom stereocenters. The SMILES string of the molecule is Cc1cc(OCCOC(=O)CNC(=O)c2ccc(C(F)(F)F)cc2)ccc1C(C)C. The van der Waals surface area contributed by atoms with E-state index in [1.54, 1.807) is 0 Å². The number of alkyl halides is 3. The van der Waals surface area contributed by atoms with Gasteiger partial charge in [-0.25, -0.2) is 0 Å². The van der Waals surface area contributed by atoms with Crippen LogP contribution in [0.5, 0.6) is 5.75 Å². The number of halogens is 3. The first-order valence-corrected chi connectivity index (χ1v) is 9.42. The molecule has 1 N–H and O–H groups in total. The summed E-state index contributed by atoms with van der Waals surface area (Å²) in [4.78, 5) is 23.6. The summed E-state index contributed by atoms with van der Waals surface area (Å²) in [5.74, 6) is -0.260. The number of esters is 1. The molecule has 0 saturated heterocycles. The molecule has 2 aromatic rings. The van der Waals surface area contributed by atoms with Gasteiger partial charge in [-0.3, -0.25) is 9.59 Å². The predicted molar refractivity (Wildman–Crippen MR) is 105 cm³/mol. The minimum absolute atomic E-state index is 0.0000367. The van der Waals surface area contributed by atoms with Crippen LogP contribution < -0.4 is 10.1 Å². The summed E-state index contributed by atoms with van der Waals surface area (Å²) in [5.41, 5.74) is 1.51. The lowest BCUT2D eigenvalue weighted by Gasteiger charge is -2.12. The van der Waals surface area contributed by atoms with Crippen LogP contribution in [0.1, 0.15) is 46.8 Å². The van der Waals surface area contributed by atoms with E-state index in [4.69, 9.17) is 9.47 Å². The van der Waals surface area contributed by atoms with Crippen molar-refractivity contribution in [1.29, 1.82) is 0 Å². The van der Waals surface area contributed by atoms with Gasteiger partial charge in [-0.05, 0) is 60.4 Å². The van der Waals surface area contributed by atoms with Gasteiger partial charge in [-0.2, -0.15) is 13.2 Å². The molecule has 0 radical (unpaired) electrons. The quantitative estimate of drug-likeness (QED) is 0.502. The predicted octanol–water partition coefficient (Wildman–Crippen LogP) is 4.49. The zero-order chi connectivity index (χ0) is 22.3. The standard InChI is InChI=1S/C22H24F3NO4/c1-14(2)19-9-8-18(12-15(19)3)29-10-11-30-20(27)13-26-21(28)16-4-6-17(7-5-16)22(23,24)25/h4-9,12,14H,10-11,13H2,1-3H3,(H,26,28). The van der Waals surface area contributed by atoms with Gasteiger partial charge >= 0.3 is 12.1 Å². The lowest BCUT2D eigenvalue weighted by Crippen LogP contribution is -2.31. The maximum Gasteiger partial charge on any atom is 0.416 e. The molecule has 5 nitrogen and oxygen atoms in total. The molecule has 2 rings (SSSR count). The molecule has 0 unspecified atom stereocenters. The van der Waals surface area contributed by atoms with Crippen LogP contribution in [0.15, 0.2) is 42.5 Å². The fourth-order valence-electron chi connectivity index (χ4n) is 2.82. The molecule has 0 aliphatic carbocycles. The number of hydrogen-bond acceptors (Lipinski definition) is 4. The summed E-state index contributed by atoms with van der Waals surface area (Å²) in [6, 6.07) is 9.47. The van der Waals surface area contributed by atoms with Crippen molar-refractivity contribution in [1.82, 2.24) is 5.32 Å². The summed E-state index contributed by atoms with van der Waals surface area (Å²) in [5, 5.41) is 2.30. The summed E-state index contributed by atoms with van der Waals surface area (Å²) in [6.07, 6.45) is -4.48. The number of amides is 1. The van der Waals surface area contributed by atoms with Gasteiger partial charge in [0.1, 0.15) is 25.5 Å². The molecule has 8 heteroatoms. The average Bonchev–Trinajstić information content (AvgIpc) is 2.68. The first kappa shape index (κ1) is 23.3. The number of carbonyl (C=O) groups excluding carboxylic acids is 2. The molecule has 0 aromatic heterocycles. The van der Waals surface area contributed by atoms with Gasteiger partial charge < -0.3 is 14.8 Å². The zero-order valence-electron chi connectivity index (χ0n) is 17.0. The maximum atomic E-state index is 12.5. The van der Waals surface area contributed by atoms with Crippen molar-refractivity contribution in [2.24, 2.45) is 0 Å². The van der Waals surface area contributed by atoms with Gasteiger partial charge in [-0.15, -0.1) is 0 Å². The van der Waals surface area contributed by atoms with Crippen LogP contribution in [0.2, 0.25) is 0 Å². The molecular formula is C22H24F3NO4. The summed E-state index contributed by atoms with van der Waals surface area (Å²) < 4.78 is 48.1. The third kappa shape index (κ3) is 6.79. The highest BCUT2D eigenvalue weighted by molar-refractivity contribution is 5.95. The van der Waals surface area contributed by atoms with E-state index in [2.05, 4.69) is 19.2 Å². The molecule has 162 valence electrons. The molecule has 30 heavy (non-hydrogen) atoms. The Bertz CT molecular complexity index is 877. The van der Waals surface area contributed by atoms with Crippen LogP contribution in [0.3, 0.4) is 0 Å². The third-order valence-corrected chi connectivity index (χ3v) is 4.35. The van der Waals surface area contributed by atoms with Crippen LogP contribution >= 0.6 is 0 Å². The number of benzene rings is 2. The smallest absolute Gasteiger partial charge is 0.416 e. The second kappa shape index (κ2) is 10.1. The fourth-order valence-corrected chi connectivity index (χ4v) is 2.82. The van der Waals surface area contributed by atoms with Crippen LogP contribution in [0, 0.1) is 6.92 Å². The Morgan fingerprint density at radius 1 is 1.03 bits per heavy atom. The second-order valence-corrected chi connectivity index (χ2v) is 7.00. The van der Waals surface area contributed by atoms with Crippen molar-refractivity contribution >= 4 is 11.9 Å². The van der Waals surface area contributed by atoms with E-state index in [1.807, 2.05) is 25.1 Å². The van der Waals surface area contributed by atoms with Crippen LogP contribution in [-0.4, -0.2) is 31.6 Å². The Labute approximate surface area is 173 Å². The summed E-state index contributed by atoms with van der Waals surface area (Å²) in [7, 11) is 0. The highest BCUT2D eigenvalue weighted by Crippen LogP contribution is 2.29. The Balaban J connectivity index is 1.71. The van der Waals surface area contributed by atoms with E-state index >= 15 is 0 Å². The fraction of sp³-hybridized carbons (Fsp3) is 0.364. The molecule has 0 aliphatic heterocycles. The molecule has 0 heterocycles. The van der Waals surface area contributed by atoms with Crippen LogP contribution in [0.4, 0.5) is 13.2 Å². The average molecular weight is 423 g/mol. The Kier molecular flexibility index (Phi) is 7.86. The Morgan fingerprint density at radius 2 is 1.70 bits per heavy atom.